The summed E-state index contributed by atoms with van der Waals surface area (Å²) in [6.07, 6.45) is 22.6. The lowest BCUT2D eigenvalue weighted by Crippen LogP contribution is -2.15. The predicted molar refractivity (Wildman–Crippen MR) is 164 cm³/mol. The molecule has 8 heteroatoms. The number of benzene rings is 1. The van der Waals surface area contributed by atoms with Gasteiger partial charge in [0.1, 0.15) is 0 Å². The summed E-state index contributed by atoms with van der Waals surface area (Å²) >= 11 is 0. The van der Waals surface area contributed by atoms with E-state index in [1.807, 2.05) is 0 Å². The molecule has 0 atom stereocenters. The van der Waals surface area contributed by atoms with Gasteiger partial charge in [-0.1, -0.05) is 89.7 Å². The summed E-state index contributed by atoms with van der Waals surface area (Å²) in [6, 6.07) is 0. The van der Waals surface area contributed by atoms with Crippen molar-refractivity contribution in [1.82, 2.24) is 0 Å². The number of carbonyl (C=O) groups excluding carboxylic acids is 4. The van der Waals surface area contributed by atoms with Gasteiger partial charge >= 0.3 is 23.9 Å². The van der Waals surface area contributed by atoms with Crippen molar-refractivity contribution in [2.75, 3.05) is 0 Å². The predicted octanol–water partition coefficient (Wildman–Crippen LogP) is 8.67. The van der Waals surface area contributed by atoms with Gasteiger partial charge in [0.05, 0.1) is 0 Å². The third kappa shape index (κ3) is 15.2. The molecule has 0 fully saturated rings. The standard InChI is InChI=1S/C34H52O8/c1-7-8-9-10-11-12-13-14-15-16-17-18-19-20-21-22-23-24-30-33(41-28(5)37)31(39-26(3)35)25(2)32(40-27(4)36)34(30)42-29(6)38/h10-11H,7-9,12-24H2,1-6H3/b11-10+. The van der Waals surface area contributed by atoms with E-state index < -0.39 is 23.9 Å². The van der Waals surface area contributed by atoms with Gasteiger partial charge in [-0.25, -0.2) is 0 Å². The van der Waals surface area contributed by atoms with Crippen molar-refractivity contribution >= 4 is 23.9 Å². The molecule has 0 N–H and O–H groups in total. The van der Waals surface area contributed by atoms with Crippen molar-refractivity contribution in [3.8, 4) is 23.0 Å². The number of unbranched alkanes of at least 4 members (excludes halogenated alkanes) is 13. The van der Waals surface area contributed by atoms with Crippen LogP contribution in [0.1, 0.15) is 142 Å². The molecule has 8 nitrogen and oxygen atoms in total. The number of esters is 4. The van der Waals surface area contributed by atoms with Crippen molar-refractivity contribution in [1.29, 1.82) is 0 Å². The second-order valence-electron chi connectivity index (χ2n) is 10.8. The van der Waals surface area contributed by atoms with Gasteiger partial charge in [0, 0.05) is 38.8 Å². The summed E-state index contributed by atoms with van der Waals surface area (Å²) in [5.41, 5.74) is 0.547. The molecule has 0 amide bonds. The lowest BCUT2D eigenvalue weighted by atomic mass is 9.99. The number of ether oxygens (including phenoxy) is 4. The van der Waals surface area contributed by atoms with Crippen LogP contribution in [0.2, 0.25) is 0 Å². The average Bonchev–Trinajstić information content (AvgIpc) is 2.90. The second kappa shape index (κ2) is 21.5. The van der Waals surface area contributed by atoms with Gasteiger partial charge in [-0.3, -0.25) is 19.2 Å². The zero-order valence-corrected chi connectivity index (χ0v) is 26.7. The highest BCUT2D eigenvalue weighted by Gasteiger charge is 2.30. The molecule has 1 aromatic carbocycles. The summed E-state index contributed by atoms with van der Waals surface area (Å²) in [5, 5.41) is 0. The quantitative estimate of drug-likeness (QED) is 0.0608. The van der Waals surface area contributed by atoms with Crippen molar-refractivity contribution in [2.45, 2.75) is 144 Å². The molecule has 0 aliphatic carbocycles. The van der Waals surface area contributed by atoms with Gasteiger partial charge in [-0.05, 0) is 39.0 Å². The maximum atomic E-state index is 12.0. The van der Waals surface area contributed by atoms with E-state index in [1.165, 1.54) is 105 Å². The SMILES string of the molecule is CCCC/C=C/CCCCCCCCCCCCCc1c(OC(C)=O)c(OC(C)=O)c(C)c(OC(C)=O)c1OC(C)=O. The van der Waals surface area contributed by atoms with Crippen molar-refractivity contribution < 1.29 is 38.1 Å². The minimum absolute atomic E-state index is 0.00475. The van der Waals surface area contributed by atoms with E-state index in [9.17, 15) is 19.2 Å². The lowest BCUT2D eigenvalue weighted by Gasteiger charge is -2.22. The summed E-state index contributed by atoms with van der Waals surface area (Å²) < 4.78 is 21.7. The number of hydrogen-bond donors (Lipinski definition) is 0. The molecule has 0 saturated heterocycles. The van der Waals surface area contributed by atoms with E-state index >= 15 is 0 Å². The Morgan fingerprint density at radius 1 is 0.500 bits per heavy atom. The molecule has 1 aromatic rings. The molecule has 236 valence electrons. The smallest absolute Gasteiger partial charge is 0.308 e. The van der Waals surface area contributed by atoms with E-state index in [1.54, 1.807) is 0 Å². The van der Waals surface area contributed by atoms with Crippen LogP contribution >= 0.6 is 0 Å². The van der Waals surface area contributed by atoms with Crippen molar-refractivity contribution in [3.63, 3.8) is 0 Å². The third-order valence-electron chi connectivity index (χ3n) is 6.81. The topological polar surface area (TPSA) is 105 Å². The molecule has 42 heavy (non-hydrogen) atoms. The molecule has 0 bridgehead atoms. The third-order valence-corrected chi connectivity index (χ3v) is 6.81. The molecule has 0 spiro atoms. The summed E-state index contributed by atoms with van der Waals surface area (Å²) in [6.45, 7) is 8.66. The van der Waals surface area contributed by atoms with E-state index in [2.05, 4.69) is 19.1 Å². The monoisotopic (exact) mass is 588 g/mol. The largest absolute Gasteiger partial charge is 0.422 e. The van der Waals surface area contributed by atoms with E-state index in [-0.39, 0.29) is 28.6 Å². The van der Waals surface area contributed by atoms with Gasteiger partial charge in [-0.15, -0.1) is 0 Å². The van der Waals surface area contributed by atoms with E-state index in [0.717, 1.165) is 19.3 Å². The second-order valence-corrected chi connectivity index (χ2v) is 10.8. The molecule has 0 aliphatic heterocycles. The van der Waals surface area contributed by atoms with Gasteiger partial charge in [0.25, 0.3) is 0 Å². The Balaban J connectivity index is 2.70. The Morgan fingerprint density at radius 2 is 0.833 bits per heavy atom. The fraction of sp³-hybridized carbons (Fsp3) is 0.647. The van der Waals surface area contributed by atoms with Crippen LogP contribution in [0.15, 0.2) is 12.2 Å². The minimum atomic E-state index is -0.638. The van der Waals surface area contributed by atoms with Crippen LogP contribution in [-0.2, 0) is 25.6 Å². The first-order valence-electron chi connectivity index (χ1n) is 15.7. The first-order valence-corrected chi connectivity index (χ1v) is 15.7. The van der Waals surface area contributed by atoms with Crippen LogP contribution in [0, 0.1) is 6.92 Å². The Morgan fingerprint density at radius 3 is 1.21 bits per heavy atom. The lowest BCUT2D eigenvalue weighted by molar-refractivity contribution is -0.135. The molecule has 0 saturated carbocycles. The van der Waals surface area contributed by atoms with Gasteiger partial charge in [0.15, 0.2) is 23.0 Å². The average molecular weight is 589 g/mol. The van der Waals surface area contributed by atoms with Crippen LogP contribution < -0.4 is 18.9 Å². The van der Waals surface area contributed by atoms with Crippen LogP contribution in [0.5, 0.6) is 23.0 Å². The highest BCUT2D eigenvalue weighted by Crippen LogP contribution is 2.49. The fourth-order valence-corrected chi connectivity index (χ4v) is 4.80. The van der Waals surface area contributed by atoms with Crippen LogP contribution in [-0.4, -0.2) is 23.9 Å². The maximum absolute atomic E-state index is 12.0. The number of carbonyl (C=O) groups is 4. The normalized spacial score (nSPS) is 11.0. The van der Waals surface area contributed by atoms with E-state index in [4.69, 9.17) is 18.9 Å². The highest BCUT2D eigenvalue weighted by atomic mass is 16.6. The highest BCUT2D eigenvalue weighted by molar-refractivity contribution is 5.82. The van der Waals surface area contributed by atoms with Crippen LogP contribution in [0.3, 0.4) is 0 Å². The molecule has 0 unspecified atom stereocenters. The summed E-state index contributed by atoms with van der Waals surface area (Å²) in [5.74, 6) is -2.62. The van der Waals surface area contributed by atoms with Crippen LogP contribution in [0.4, 0.5) is 0 Å². The molecular formula is C34H52O8. The molecule has 0 radical (unpaired) electrons. The first kappa shape index (κ1) is 36.9. The number of allylic oxidation sites excluding steroid dienone is 2. The summed E-state index contributed by atoms with van der Waals surface area (Å²) in [4.78, 5) is 47.7. The minimum Gasteiger partial charge on any atom is -0.422 e. The summed E-state index contributed by atoms with van der Waals surface area (Å²) in [7, 11) is 0. The molecular weight excluding hydrogens is 536 g/mol. The Kier molecular flexibility index (Phi) is 18.9. The molecule has 1 rings (SSSR count). The maximum Gasteiger partial charge on any atom is 0.308 e. The Bertz CT molecular complexity index is 983. The first-order chi connectivity index (χ1) is 20.1. The zero-order valence-electron chi connectivity index (χ0n) is 26.7. The zero-order chi connectivity index (χ0) is 31.3. The Labute approximate surface area is 252 Å². The van der Waals surface area contributed by atoms with Crippen LogP contribution in [0.25, 0.3) is 0 Å². The van der Waals surface area contributed by atoms with Gasteiger partial charge < -0.3 is 18.9 Å². The van der Waals surface area contributed by atoms with Crippen molar-refractivity contribution in [3.05, 3.63) is 23.3 Å². The fourth-order valence-electron chi connectivity index (χ4n) is 4.80. The van der Waals surface area contributed by atoms with Gasteiger partial charge in [-0.2, -0.15) is 0 Å². The number of rotatable bonds is 21. The molecule has 0 heterocycles. The van der Waals surface area contributed by atoms with Crippen molar-refractivity contribution in [2.24, 2.45) is 0 Å². The van der Waals surface area contributed by atoms with Gasteiger partial charge in [0.2, 0.25) is 0 Å². The Hall–Kier alpha value is -3.16. The van der Waals surface area contributed by atoms with E-state index in [0.29, 0.717) is 18.4 Å². The molecule has 0 aromatic heterocycles. The molecule has 0 aliphatic rings. The number of hydrogen-bond acceptors (Lipinski definition) is 8.